The first-order valence-electron chi connectivity index (χ1n) is 5.77. The smallest absolute Gasteiger partial charge is 0.251 e. The average Bonchev–Trinajstić information content (AvgIpc) is 2.30. The minimum absolute atomic E-state index is 0.0723. The summed E-state index contributed by atoms with van der Waals surface area (Å²) in [6.45, 7) is 4.38. The molecular formula is C13H19NO4. The number of hydrogen-bond acceptors (Lipinski definition) is 4. The van der Waals surface area contributed by atoms with Crippen LogP contribution < -0.4 is 5.32 Å². The van der Waals surface area contributed by atoms with Gasteiger partial charge in [-0.05, 0) is 30.0 Å². The molecule has 18 heavy (non-hydrogen) atoms. The molecule has 1 aromatic rings. The molecule has 5 nitrogen and oxygen atoms in total. The van der Waals surface area contributed by atoms with Gasteiger partial charge in [0.25, 0.3) is 5.91 Å². The molecule has 0 aliphatic heterocycles. The molecule has 0 heterocycles. The molecule has 0 aliphatic rings. The van der Waals surface area contributed by atoms with Gasteiger partial charge in [-0.1, -0.05) is 13.8 Å². The molecule has 4 N–H and O–H groups in total. The van der Waals surface area contributed by atoms with Crippen molar-refractivity contribution in [1.29, 1.82) is 0 Å². The average molecular weight is 253 g/mol. The Bertz CT molecular complexity index is 429. The monoisotopic (exact) mass is 253 g/mol. The number of carbonyl (C=O) groups excluding carboxylic acids is 1. The van der Waals surface area contributed by atoms with Crippen molar-refractivity contribution in [2.45, 2.75) is 20.3 Å². The van der Waals surface area contributed by atoms with Crippen LogP contribution in [-0.2, 0) is 0 Å². The van der Waals surface area contributed by atoms with Gasteiger partial charge in [-0.25, -0.2) is 0 Å². The Morgan fingerprint density at radius 3 is 2.50 bits per heavy atom. The second-order valence-electron chi connectivity index (χ2n) is 5.02. The molecule has 0 atom stereocenters. The van der Waals surface area contributed by atoms with Gasteiger partial charge in [0.1, 0.15) is 0 Å². The lowest BCUT2D eigenvalue weighted by Crippen LogP contribution is -2.34. The number of nitrogens with one attached hydrogen (secondary N) is 1. The molecule has 0 saturated carbocycles. The van der Waals surface area contributed by atoms with Gasteiger partial charge in [0.15, 0.2) is 11.5 Å². The molecule has 0 radical (unpaired) electrons. The van der Waals surface area contributed by atoms with Gasteiger partial charge in [-0.15, -0.1) is 0 Å². The standard InChI is InChI=1S/C13H19NO4/c1-13(2,5-6-15)8-14-12(18)9-3-4-10(16)11(17)7-9/h3-4,7,15-17H,5-6,8H2,1-2H3,(H,14,18). The number of aromatic hydroxyl groups is 2. The highest BCUT2D eigenvalue weighted by atomic mass is 16.3. The topological polar surface area (TPSA) is 89.8 Å². The number of benzene rings is 1. The molecule has 1 amide bonds. The van der Waals surface area contributed by atoms with E-state index in [9.17, 15) is 9.90 Å². The van der Waals surface area contributed by atoms with Crippen LogP contribution in [0.3, 0.4) is 0 Å². The van der Waals surface area contributed by atoms with E-state index in [2.05, 4.69) is 5.32 Å². The van der Waals surface area contributed by atoms with Crippen molar-refractivity contribution in [1.82, 2.24) is 5.32 Å². The number of amides is 1. The van der Waals surface area contributed by atoms with Crippen molar-refractivity contribution >= 4 is 5.91 Å². The number of aliphatic hydroxyl groups excluding tert-OH is 1. The molecule has 5 heteroatoms. The fourth-order valence-corrected chi connectivity index (χ4v) is 1.48. The SMILES string of the molecule is CC(C)(CCO)CNC(=O)c1ccc(O)c(O)c1. The van der Waals surface area contributed by atoms with E-state index < -0.39 is 0 Å². The van der Waals surface area contributed by atoms with E-state index in [4.69, 9.17) is 10.2 Å². The van der Waals surface area contributed by atoms with Crippen LogP contribution in [0.15, 0.2) is 18.2 Å². The fourth-order valence-electron chi connectivity index (χ4n) is 1.48. The molecule has 1 aromatic carbocycles. The highest BCUT2D eigenvalue weighted by Gasteiger charge is 2.18. The van der Waals surface area contributed by atoms with Crippen LogP contribution in [0.4, 0.5) is 0 Å². The molecule has 100 valence electrons. The normalized spacial score (nSPS) is 11.3. The maximum absolute atomic E-state index is 11.8. The zero-order chi connectivity index (χ0) is 13.8. The summed E-state index contributed by atoms with van der Waals surface area (Å²) < 4.78 is 0. The lowest BCUT2D eigenvalue weighted by molar-refractivity contribution is 0.0928. The predicted octanol–water partition coefficient (Wildman–Crippen LogP) is 1.24. The van der Waals surface area contributed by atoms with Crippen molar-refractivity contribution in [3.63, 3.8) is 0 Å². The van der Waals surface area contributed by atoms with E-state index in [0.29, 0.717) is 13.0 Å². The Hall–Kier alpha value is -1.75. The lowest BCUT2D eigenvalue weighted by Gasteiger charge is -2.23. The first kappa shape index (κ1) is 14.3. The molecule has 0 fully saturated rings. The van der Waals surface area contributed by atoms with Crippen molar-refractivity contribution in [3.05, 3.63) is 23.8 Å². The molecule has 0 unspecified atom stereocenters. The number of phenols is 2. The molecule has 0 saturated heterocycles. The van der Waals surface area contributed by atoms with E-state index in [1.807, 2.05) is 13.8 Å². The zero-order valence-electron chi connectivity index (χ0n) is 10.6. The maximum Gasteiger partial charge on any atom is 0.251 e. The molecule has 1 rings (SSSR count). The second-order valence-corrected chi connectivity index (χ2v) is 5.02. The van der Waals surface area contributed by atoms with Gasteiger partial charge in [-0.3, -0.25) is 4.79 Å². The Morgan fingerprint density at radius 1 is 1.28 bits per heavy atom. The van der Waals surface area contributed by atoms with E-state index >= 15 is 0 Å². The third kappa shape index (κ3) is 3.92. The highest BCUT2D eigenvalue weighted by molar-refractivity contribution is 5.94. The van der Waals surface area contributed by atoms with Crippen LogP contribution in [0.2, 0.25) is 0 Å². The first-order valence-corrected chi connectivity index (χ1v) is 5.77. The van der Waals surface area contributed by atoms with Gasteiger partial charge in [-0.2, -0.15) is 0 Å². The van der Waals surface area contributed by atoms with Crippen molar-refractivity contribution in [3.8, 4) is 11.5 Å². The van der Waals surface area contributed by atoms with E-state index in [1.165, 1.54) is 18.2 Å². The quantitative estimate of drug-likeness (QED) is 0.594. The summed E-state index contributed by atoms with van der Waals surface area (Å²) in [5.74, 6) is -0.902. The van der Waals surface area contributed by atoms with Crippen molar-refractivity contribution < 1.29 is 20.1 Å². The van der Waals surface area contributed by atoms with Gasteiger partial charge in [0.05, 0.1) is 0 Å². The van der Waals surface area contributed by atoms with Crippen LogP contribution in [0.25, 0.3) is 0 Å². The molecule has 0 aromatic heterocycles. The van der Waals surface area contributed by atoms with Gasteiger partial charge < -0.3 is 20.6 Å². The minimum atomic E-state index is -0.323. The van der Waals surface area contributed by atoms with E-state index in [0.717, 1.165) is 0 Å². The van der Waals surface area contributed by atoms with Crippen LogP contribution in [0, 0.1) is 5.41 Å². The lowest BCUT2D eigenvalue weighted by atomic mass is 9.89. The zero-order valence-corrected chi connectivity index (χ0v) is 10.6. The largest absolute Gasteiger partial charge is 0.504 e. The van der Waals surface area contributed by atoms with Crippen LogP contribution in [-0.4, -0.2) is 34.4 Å². The number of rotatable bonds is 5. The summed E-state index contributed by atoms with van der Waals surface area (Å²) in [5, 5.41) is 30.0. The maximum atomic E-state index is 11.8. The second kappa shape index (κ2) is 5.73. The van der Waals surface area contributed by atoms with E-state index in [1.54, 1.807) is 0 Å². The molecular weight excluding hydrogens is 234 g/mol. The van der Waals surface area contributed by atoms with Crippen molar-refractivity contribution in [2.24, 2.45) is 5.41 Å². The fraction of sp³-hybridized carbons (Fsp3) is 0.462. The predicted molar refractivity (Wildman–Crippen MR) is 67.6 cm³/mol. The van der Waals surface area contributed by atoms with Crippen LogP contribution in [0.5, 0.6) is 11.5 Å². The highest BCUT2D eigenvalue weighted by Crippen LogP contribution is 2.25. The third-order valence-corrected chi connectivity index (χ3v) is 2.75. The third-order valence-electron chi connectivity index (χ3n) is 2.75. The number of hydrogen-bond donors (Lipinski definition) is 4. The number of carbonyl (C=O) groups is 1. The Morgan fingerprint density at radius 2 is 1.94 bits per heavy atom. The summed E-state index contributed by atoms with van der Waals surface area (Å²) in [5.41, 5.74) is 0.0914. The Balaban J connectivity index is 2.63. The van der Waals surface area contributed by atoms with Gasteiger partial charge >= 0.3 is 0 Å². The first-order chi connectivity index (χ1) is 8.35. The summed E-state index contributed by atoms with van der Waals surface area (Å²) in [6, 6.07) is 3.91. The van der Waals surface area contributed by atoms with Crippen molar-refractivity contribution in [2.75, 3.05) is 13.2 Å². The van der Waals surface area contributed by atoms with E-state index in [-0.39, 0.29) is 35.0 Å². The summed E-state index contributed by atoms with van der Waals surface area (Å²) >= 11 is 0. The molecule has 0 bridgehead atoms. The molecule has 0 aliphatic carbocycles. The number of phenolic OH excluding ortho intramolecular Hbond substituents is 2. The summed E-state index contributed by atoms with van der Waals surface area (Å²) in [4.78, 5) is 11.8. The Labute approximate surface area is 106 Å². The summed E-state index contributed by atoms with van der Waals surface area (Å²) in [6.07, 6.45) is 0.591. The molecule has 0 spiro atoms. The Kier molecular flexibility index (Phi) is 4.55. The van der Waals surface area contributed by atoms with Gasteiger partial charge in [0, 0.05) is 18.7 Å². The van der Waals surface area contributed by atoms with Crippen LogP contribution >= 0.6 is 0 Å². The van der Waals surface area contributed by atoms with Crippen LogP contribution in [0.1, 0.15) is 30.6 Å². The van der Waals surface area contributed by atoms with Gasteiger partial charge in [0.2, 0.25) is 0 Å². The number of aliphatic hydroxyl groups is 1. The summed E-state index contributed by atoms with van der Waals surface area (Å²) in [7, 11) is 0. The minimum Gasteiger partial charge on any atom is -0.504 e.